The second-order valence-electron chi connectivity index (χ2n) is 5.51. The van der Waals surface area contributed by atoms with Crippen LogP contribution < -0.4 is 0 Å². The Bertz CT molecular complexity index is 907. The highest BCUT2D eigenvalue weighted by Gasteiger charge is 2.35. The molecule has 0 radical (unpaired) electrons. The summed E-state index contributed by atoms with van der Waals surface area (Å²) < 4.78 is 0. The van der Waals surface area contributed by atoms with E-state index in [-0.39, 0.29) is 22.4 Å². The minimum atomic E-state index is -0.511. The fourth-order valence-electron chi connectivity index (χ4n) is 2.51. The molecule has 0 spiro atoms. The van der Waals surface area contributed by atoms with Crippen molar-refractivity contribution in [3.05, 3.63) is 80.2 Å². The second kappa shape index (κ2) is 6.90. The summed E-state index contributed by atoms with van der Waals surface area (Å²) in [6.07, 6.45) is 1.40. The third-order valence-corrected chi connectivity index (χ3v) is 4.79. The van der Waals surface area contributed by atoms with Crippen molar-refractivity contribution in [3.63, 3.8) is 0 Å². The summed E-state index contributed by atoms with van der Waals surface area (Å²) in [6.45, 7) is 2.10. The van der Waals surface area contributed by atoms with Crippen LogP contribution in [0.25, 0.3) is 6.08 Å². The first-order valence-electron chi connectivity index (χ1n) is 7.50. The molecule has 3 rings (SSSR count). The SMILES string of the molecule is Cc1ccccc1CN1C(=O)S/C(=C\c2ccccc2[N+](=O)[O-])C1=O. The molecule has 0 aliphatic carbocycles. The second-order valence-corrected chi connectivity index (χ2v) is 6.50. The summed E-state index contributed by atoms with van der Waals surface area (Å²) in [5.74, 6) is -0.434. The highest BCUT2D eigenvalue weighted by Crippen LogP contribution is 2.35. The molecule has 0 aromatic heterocycles. The van der Waals surface area contributed by atoms with E-state index in [0.29, 0.717) is 5.56 Å². The van der Waals surface area contributed by atoms with Crippen LogP contribution >= 0.6 is 11.8 Å². The normalized spacial score (nSPS) is 15.9. The van der Waals surface area contributed by atoms with Gasteiger partial charge in [0.1, 0.15) is 0 Å². The number of nitro benzene ring substituents is 1. The summed E-state index contributed by atoms with van der Waals surface area (Å²) >= 11 is 0.798. The van der Waals surface area contributed by atoms with Crippen LogP contribution in [-0.2, 0) is 11.3 Å². The number of hydrogen-bond acceptors (Lipinski definition) is 5. The summed E-state index contributed by atoms with van der Waals surface area (Å²) in [5.41, 5.74) is 2.07. The predicted octanol–water partition coefficient (Wildman–Crippen LogP) is 4.14. The predicted molar refractivity (Wildman–Crippen MR) is 95.8 cm³/mol. The lowest BCUT2D eigenvalue weighted by Gasteiger charge is -2.14. The largest absolute Gasteiger partial charge is 0.293 e. The van der Waals surface area contributed by atoms with Crippen molar-refractivity contribution in [2.75, 3.05) is 0 Å². The van der Waals surface area contributed by atoms with Gasteiger partial charge >= 0.3 is 0 Å². The molecule has 0 atom stereocenters. The molecular formula is C18H14N2O4S. The number of hydrogen-bond donors (Lipinski definition) is 0. The third kappa shape index (κ3) is 3.46. The number of imide groups is 1. The quantitative estimate of drug-likeness (QED) is 0.468. The maximum absolute atomic E-state index is 12.6. The first kappa shape index (κ1) is 16.9. The highest BCUT2D eigenvalue weighted by atomic mass is 32.2. The van der Waals surface area contributed by atoms with Crippen molar-refractivity contribution in [1.82, 2.24) is 4.90 Å². The smallest absolute Gasteiger partial charge is 0.268 e. The van der Waals surface area contributed by atoms with E-state index in [1.165, 1.54) is 12.1 Å². The van der Waals surface area contributed by atoms with Crippen molar-refractivity contribution in [2.45, 2.75) is 13.5 Å². The topological polar surface area (TPSA) is 80.5 Å². The average Bonchev–Trinajstić information content (AvgIpc) is 2.84. The van der Waals surface area contributed by atoms with E-state index in [0.717, 1.165) is 27.8 Å². The van der Waals surface area contributed by atoms with Crippen LogP contribution in [0.15, 0.2) is 53.4 Å². The van der Waals surface area contributed by atoms with Gasteiger partial charge in [-0.3, -0.25) is 24.6 Å². The van der Waals surface area contributed by atoms with Gasteiger partial charge in [0.05, 0.1) is 21.9 Å². The molecule has 6 nitrogen and oxygen atoms in total. The van der Waals surface area contributed by atoms with Crippen LogP contribution in [0.5, 0.6) is 0 Å². The zero-order valence-electron chi connectivity index (χ0n) is 13.3. The zero-order chi connectivity index (χ0) is 18.0. The monoisotopic (exact) mass is 354 g/mol. The number of carbonyl (C=O) groups is 2. The van der Waals surface area contributed by atoms with E-state index in [2.05, 4.69) is 0 Å². The van der Waals surface area contributed by atoms with Crippen molar-refractivity contribution in [1.29, 1.82) is 0 Å². The van der Waals surface area contributed by atoms with Gasteiger partial charge in [-0.25, -0.2) is 0 Å². The van der Waals surface area contributed by atoms with Gasteiger partial charge in [-0.2, -0.15) is 0 Å². The minimum absolute atomic E-state index is 0.104. The Labute approximate surface area is 148 Å². The van der Waals surface area contributed by atoms with Crippen LogP contribution in [-0.4, -0.2) is 21.0 Å². The molecule has 2 amide bonds. The number of amides is 2. The summed E-state index contributed by atoms with van der Waals surface area (Å²) in [6, 6.07) is 13.6. The van der Waals surface area contributed by atoms with Gasteiger partial charge in [0.15, 0.2) is 0 Å². The fraction of sp³-hybridized carbons (Fsp3) is 0.111. The Kier molecular flexibility index (Phi) is 4.67. The standard InChI is InChI=1S/C18H14N2O4S/c1-12-6-2-3-8-14(12)11-19-17(21)16(25-18(19)22)10-13-7-4-5-9-15(13)20(23)24/h2-10H,11H2,1H3/b16-10-. The molecule has 25 heavy (non-hydrogen) atoms. The molecule has 0 N–H and O–H groups in total. The van der Waals surface area contributed by atoms with E-state index < -0.39 is 10.8 Å². The number of para-hydroxylation sites is 1. The molecule has 1 fully saturated rings. The summed E-state index contributed by atoms with van der Waals surface area (Å²) in [7, 11) is 0. The molecule has 1 heterocycles. The van der Waals surface area contributed by atoms with E-state index in [4.69, 9.17) is 0 Å². The Hall–Kier alpha value is -2.93. The van der Waals surface area contributed by atoms with Crippen LogP contribution in [0.4, 0.5) is 10.5 Å². The zero-order valence-corrected chi connectivity index (χ0v) is 14.2. The van der Waals surface area contributed by atoms with Crippen LogP contribution in [0, 0.1) is 17.0 Å². The van der Waals surface area contributed by atoms with Gasteiger partial charge < -0.3 is 0 Å². The number of nitro groups is 1. The van der Waals surface area contributed by atoms with Crippen LogP contribution in [0.3, 0.4) is 0 Å². The third-order valence-electron chi connectivity index (χ3n) is 3.88. The van der Waals surface area contributed by atoms with E-state index in [9.17, 15) is 19.7 Å². The van der Waals surface area contributed by atoms with Gasteiger partial charge in [-0.1, -0.05) is 36.4 Å². The molecule has 0 saturated carbocycles. The summed E-state index contributed by atoms with van der Waals surface area (Å²) in [5, 5.41) is 10.7. The lowest BCUT2D eigenvalue weighted by Crippen LogP contribution is -2.27. The number of rotatable bonds is 4. The highest BCUT2D eigenvalue weighted by molar-refractivity contribution is 8.18. The lowest BCUT2D eigenvalue weighted by molar-refractivity contribution is -0.385. The minimum Gasteiger partial charge on any atom is -0.268 e. The average molecular weight is 354 g/mol. The maximum Gasteiger partial charge on any atom is 0.293 e. The van der Waals surface area contributed by atoms with Gasteiger partial charge in [-0.15, -0.1) is 0 Å². The Balaban J connectivity index is 1.89. The maximum atomic E-state index is 12.6. The number of nitrogens with zero attached hydrogens (tertiary/aromatic N) is 2. The first-order chi connectivity index (χ1) is 12.0. The van der Waals surface area contributed by atoms with Gasteiger partial charge in [-0.05, 0) is 42.0 Å². The molecule has 0 unspecified atom stereocenters. The molecule has 2 aromatic rings. The number of thioether (sulfide) groups is 1. The van der Waals surface area contributed by atoms with E-state index >= 15 is 0 Å². The lowest BCUT2D eigenvalue weighted by atomic mass is 10.1. The Morgan fingerprint density at radius 1 is 1.12 bits per heavy atom. The molecule has 1 saturated heterocycles. The first-order valence-corrected chi connectivity index (χ1v) is 8.32. The Morgan fingerprint density at radius 3 is 2.52 bits per heavy atom. The van der Waals surface area contributed by atoms with E-state index in [1.54, 1.807) is 18.2 Å². The summed E-state index contributed by atoms with van der Waals surface area (Å²) in [4.78, 5) is 36.7. The van der Waals surface area contributed by atoms with Crippen molar-refractivity contribution in [3.8, 4) is 0 Å². The molecule has 2 aromatic carbocycles. The van der Waals surface area contributed by atoms with Gasteiger partial charge in [0.2, 0.25) is 0 Å². The van der Waals surface area contributed by atoms with E-state index in [1.807, 2.05) is 31.2 Å². The van der Waals surface area contributed by atoms with Gasteiger partial charge in [0.25, 0.3) is 16.8 Å². The molecular weight excluding hydrogens is 340 g/mol. The Morgan fingerprint density at radius 2 is 1.80 bits per heavy atom. The van der Waals surface area contributed by atoms with Crippen LogP contribution in [0.1, 0.15) is 16.7 Å². The van der Waals surface area contributed by atoms with Crippen molar-refractivity contribution in [2.24, 2.45) is 0 Å². The fourth-order valence-corrected chi connectivity index (χ4v) is 3.34. The number of benzene rings is 2. The molecule has 1 aliphatic rings. The molecule has 7 heteroatoms. The number of aryl methyl sites for hydroxylation is 1. The molecule has 0 bridgehead atoms. The molecule has 1 aliphatic heterocycles. The molecule has 126 valence electrons. The number of carbonyl (C=O) groups excluding carboxylic acids is 2. The van der Waals surface area contributed by atoms with Crippen LogP contribution in [0.2, 0.25) is 0 Å². The van der Waals surface area contributed by atoms with Crippen molar-refractivity contribution < 1.29 is 14.5 Å². The van der Waals surface area contributed by atoms with Crippen molar-refractivity contribution >= 4 is 34.7 Å². The van der Waals surface area contributed by atoms with Gasteiger partial charge in [0, 0.05) is 6.07 Å².